The molecule has 14 heavy (non-hydrogen) atoms. The summed E-state index contributed by atoms with van der Waals surface area (Å²) in [6.07, 6.45) is 0. The quantitative estimate of drug-likeness (QED) is 0.751. The van der Waals surface area contributed by atoms with Crippen LogP contribution in [0.5, 0.6) is 0 Å². The smallest absolute Gasteiger partial charge is 0.153 e. The van der Waals surface area contributed by atoms with E-state index in [-0.39, 0.29) is 0 Å². The molecule has 2 rings (SSSR count). The summed E-state index contributed by atoms with van der Waals surface area (Å²) in [7, 11) is 0. The van der Waals surface area contributed by atoms with Crippen molar-refractivity contribution in [2.24, 2.45) is 0 Å². The highest BCUT2D eigenvalue weighted by molar-refractivity contribution is 8.00. The van der Waals surface area contributed by atoms with Crippen LogP contribution in [0.3, 0.4) is 0 Å². The third-order valence-electron chi connectivity index (χ3n) is 1.71. The molecule has 0 aliphatic carbocycles. The maximum Gasteiger partial charge on any atom is 0.153 e. The number of halogens is 1. The van der Waals surface area contributed by atoms with Gasteiger partial charge in [0, 0.05) is 5.75 Å². The first-order valence-electron chi connectivity index (χ1n) is 4.12. The molecule has 2 aromatic rings. The third-order valence-corrected chi connectivity index (χ3v) is 4.41. The predicted molar refractivity (Wildman–Crippen MR) is 63.1 cm³/mol. The van der Waals surface area contributed by atoms with E-state index in [2.05, 4.69) is 17.1 Å². The molecule has 0 saturated heterocycles. The lowest BCUT2D eigenvalue weighted by Gasteiger charge is -1.98. The summed E-state index contributed by atoms with van der Waals surface area (Å²) in [5, 5.41) is 0.621. The number of hydrogen-bond donors (Lipinski definition) is 0. The van der Waals surface area contributed by atoms with Gasteiger partial charge in [-0.05, 0) is 5.56 Å². The van der Waals surface area contributed by atoms with Crippen LogP contribution in [0.2, 0.25) is 5.15 Å². The highest BCUT2D eigenvalue weighted by Gasteiger charge is 2.03. The van der Waals surface area contributed by atoms with Crippen LogP contribution in [-0.4, -0.2) is 4.98 Å². The van der Waals surface area contributed by atoms with E-state index < -0.39 is 0 Å². The molecule has 0 amide bonds. The number of nitrogens with zero attached hydrogens (tertiary/aromatic N) is 1. The number of hydrogen-bond acceptors (Lipinski definition) is 3. The van der Waals surface area contributed by atoms with E-state index in [4.69, 9.17) is 11.6 Å². The Kier molecular flexibility index (Phi) is 3.45. The van der Waals surface area contributed by atoms with E-state index in [0.717, 1.165) is 9.96 Å². The van der Waals surface area contributed by atoms with Crippen LogP contribution in [0, 0.1) is 0 Å². The maximum absolute atomic E-state index is 5.88. The zero-order valence-electron chi connectivity index (χ0n) is 7.31. The molecule has 4 heteroatoms. The van der Waals surface area contributed by atoms with Crippen LogP contribution in [0.15, 0.2) is 40.1 Å². The lowest BCUT2D eigenvalue weighted by atomic mass is 10.2. The molecule has 0 bridgehead atoms. The maximum atomic E-state index is 5.88. The molecule has 1 nitrogen and oxygen atoms in total. The minimum atomic E-state index is 0.621. The van der Waals surface area contributed by atoms with Crippen LogP contribution in [0.4, 0.5) is 0 Å². The largest absolute Gasteiger partial charge is 0.232 e. The topological polar surface area (TPSA) is 12.9 Å². The summed E-state index contributed by atoms with van der Waals surface area (Å²) in [5.41, 5.74) is 3.08. The highest BCUT2D eigenvalue weighted by Crippen LogP contribution is 2.32. The summed E-state index contributed by atoms with van der Waals surface area (Å²) in [6.45, 7) is 0. The zero-order chi connectivity index (χ0) is 9.80. The van der Waals surface area contributed by atoms with Gasteiger partial charge in [0.15, 0.2) is 5.15 Å². The standard InChI is InChI=1S/C10H8ClNS2/c11-9-10(14-7-12-9)13-6-8-4-2-1-3-5-8/h1-5,7H,6H2. The van der Waals surface area contributed by atoms with E-state index in [1.54, 1.807) is 28.6 Å². The van der Waals surface area contributed by atoms with Crippen molar-refractivity contribution >= 4 is 34.7 Å². The normalized spacial score (nSPS) is 10.4. The first-order chi connectivity index (χ1) is 6.86. The minimum absolute atomic E-state index is 0.621. The number of thioether (sulfide) groups is 1. The third kappa shape index (κ3) is 2.50. The van der Waals surface area contributed by atoms with Crippen molar-refractivity contribution in [1.29, 1.82) is 0 Å². The molecule has 0 saturated carbocycles. The van der Waals surface area contributed by atoms with Gasteiger partial charge in [-0.15, -0.1) is 23.1 Å². The fourth-order valence-electron chi connectivity index (χ4n) is 1.04. The average molecular weight is 242 g/mol. The van der Waals surface area contributed by atoms with Crippen LogP contribution in [-0.2, 0) is 5.75 Å². The molecule has 0 N–H and O–H groups in total. The monoisotopic (exact) mass is 241 g/mol. The van der Waals surface area contributed by atoms with Crippen molar-refractivity contribution in [3.63, 3.8) is 0 Å². The average Bonchev–Trinajstić information content (AvgIpc) is 2.63. The van der Waals surface area contributed by atoms with Crippen molar-refractivity contribution in [1.82, 2.24) is 4.98 Å². The molecule has 1 heterocycles. The Morgan fingerprint density at radius 3 is 2.71 bits per heavy atom. The lowest BCUT2D eigenvalue weighted by molar-refractivity contribution is 1.36. The number of thiazole rings is 1. The first kappa shape index (κ1) is 10.0. The lowest BCUT2D eigenvalue weighted by Crippen LogP contribution is -1.77. The van der Waals surface area contributed by atoms with Crippen molar-refractivity contribution in [2.75, 3.05) is 0 Å². The highest BCUT2D eigenvalue weighted by atomic mass is 35.5. The summed E-state index contributed by atoms with van der Waals surface area (Å²) >= 11 is 9.20. The van der Waals surface area contributed by atoms with Gasteiger partial charge >= 0.3 is 0 Å². The minimum Gasteiger partial charge on any atom is -0.232 e. The summed E-state index contributed by atoms with van der Waals surface area (Å²) in [6, 6.07) is 10.3. The molecule has 0 fully saturated rings. The van der Waals surface area contributed by atoms with E-state index in [1.165, 1.54) is 5.56 Å². The molecule has 0 spiro atoms. The molecular weight excluding hydrogens is 234 g/mol. The molecule has 0 radical (unpaired) electrons. The summed E-state index contributed by atoms with van der Waals surface area (Å²) in [4.78, 5) is 3.99. The van der Waals surface area contributed by atoms with Crippen molar-refractivity contribution in [2.45, 2.75) is 9.96 Å². The van der Waals surface area contributed by atoms with E-state index in [1.807, 2.05) is 18.2 Å². The molecule has 72 valence electrons. The molecule has 1 aromatic carbocycles. The molecule has 0 aliphatic heterocycles. The van der Waals surface area contributed by atoms with Gasteiger partial charge in [0.1, 0.15) is 0 Å². The van der Waals surface area contributed by atoms with Gasteiger partial charge in [-0.3, -0.25) is 0 Å². The summed E-state index contributed by atoms with van der Waals surface area (Å²) < 4.78 is 1.09. The Morgan fingerprint density at radius 2 is 2.07 bits per heavy atom. The number of rotatable bonds is 3. The molecule has 0 aliphatic rings. The second-order valence-electron chi connectivity index (χ2n) is 2.70. The van der Waals surface area contributed by atoms with Gasteiger partial charge in [0.25, 0.3) is 0 Å². The second-order valence-corrected chi connectivity index (χ2v) is 5.16. The first-order valence-corrected chi connectivity index (χ1v) is 6.36. The molecule has 0 unspecified atom stereocenters. The van der Waals surface area contributed by atoms with Gasteiger partial charge < -0.3 is 0 Å². The SMILES string of the molecule is Clc1ncsc1SCc1ccccc1. The van der Waals surface area contributed by atoms with E-state index in [0.29, 0.717) is 5.15 Å². The number of aromatic nitrogens is 1. The van der Waals surface area contributed by atoms with Gasteiger partial charge in [-0.25, -0.2) is 4.98 Å². The Hall–Kier alpha value is -0.510. The van der Waals surface area contributed by atoms with Crippen LogP contribution >= 0.6 is 34.7 Å². The zero-order valence-corrected chi connectivity index (χ0v) is 9.70. The van der Waals surface area contributed by atoms with E-state index in [9.17, 15) is 0 Å². The second kappa shape index (κ2) is 4.82. The van der Waals surface area contributed by atoms with Crippen LogP contribution in [0.25, 0.3) is 0 Å². The van der Waals surface area contributed by atoms with Gasteiger partial charge in [0.05, 0.1) is 9.72 Å². The Labute approximate surface area is 96.1 Å². The predicted octanol–water partition coefficient (Wildman–Crippen LogP) is 4.09. The molecule has 1 aromatic heterocycles. The van der Waals surface area contributed by atoms with Gasteiger partial charge in [-0.2, -0.15) is 0 Å². The van der Waals surface area contributed by atoms with Crippen LogP contribution < -0.4 is 0 Å². The van der Waals surface area contributed by atoms with Gasteiger partial charge in [-0.1, -0.05) is 41.9 Å². The summed E-state index contributed by atoms with van der Waals surface area (Å²) in [5.74, 6) is 0.947. The van der Waals surface area contributed by atoms with Crippen molar-refractivity contribution in [3.05, 3.63) is 46.6 Å². The number of benzene rings is 1. The Morgan fingerprint density at radius 1 is 1.29 bits per heavy atom. The van der Waals surface area contributed by atoms with Gasteiger partial charge in [0.2, 0.25) is 0 Å². The fourth-order valence-corrected chi connectivity index (χ4v) is 3.09. The van der Waals surface area contributed by atoms with Crippen LogP contribution in [0.1, 0.15) is 5.56 Å². The van der Waals surface area contributed by atoms with E-state index >= 15 is 0 Å². The van der Waals surface area contributed by atoms with Crippen molar-refractivity contribution < 1.29 is 0 Å². The Balaban J connectivity index is 1.99. The molecular formula is C10H8ClNS2. The fraction of sp³-hybridized carbons (Fsp3) is 0.100. The van der Waals surface area contributed by atoms with Crippen molar-refractivity contribution in [3.8, 4) is 0 Å². The Bertz CT molecular complexity index is 400. The molecule has 0 atom stereocenters.